The number of carbonyl (C=O) groups is 1. The van der Waals surface area contributed by atoms with E-state index in [4.69, 9.17) is 0 Å². The Labute approximate surface area is 139 Å². The molecule has 2 aromatic rings. The molecule has 0 bridgehead atoms. The van der Waals surface area contributed by atoms with Crippen molar-refractivity contribution in [1.82, 2.24) is 0 Å². The van der Waals surface area contributed by atoms with E-state index in [9.17, 15) is 13.6 Å². The molecule has 2 aromatic carbocycles. The molecule has 0 heterocycles. The molecule has 0 radical (unpaired) electrons. The van der Waals surface area contributed by atoms with Gasteiger partial charge in [-0.2, -0.15) is 0 Å². The van der Waals surface area contributed by atoms with Crippen molar-refractivity contribution in [3.05, 3.63) is 83.4 Å². The van der Waals surface area contributed by atoms with Gasteiger partial charge in [0.05, 0.1) is 7.11 Å². The van der Waals surface area contributed by atoms with Crippen LogP contribution in [-0.4, -0.2) is 13.1 Å². The Kier molecular flexibility index (Phi) is 3.99. The summed E-state index contributed by atoms with van der Waals surface area (Å²) in [5.41, 5.74) is 0.542. The zero-order valence-electron chi connectivity index (χ0n) is 13.6. The molecule has 3 rings (SSSR count). The molecule has 1 aliphatic carbocycles. The highest BCUT2D eigenvalue weighted by Gasteiger charge is 2.64. The van der Waals surface area contributed by atoms with Gasteiger partial charge in [0.1, 0.15) is 11.6 Å². The molecule has 0 spiro atoms. The monoisotopic (exact) mass is 328 g/mol. The molecule has 0 aromatic heterocycles. The average Bonchev–Trinajstić information content (AvgIpc) is 3.20. The zero-order chi connectivity index (χ0) is 17.4. The Bertz CT molecular complexity index is 767. The number of hydrogen-bond acceptors (Lipinski definition) is 2. The first-order chi connectivity index (χ1) is 11.4. The molecule has 2 nitrogen and oxygen atoms in total. The van der Waals surface area contributed by atoms with Crippen LogP contribution in [0.5, 0.6) is 0 Å². The van der Waals surface area contributed by atoms with Crippen LogP contribution in [0, 0.1) is 17.0 Å². The van der Waals surface area contributed by atoms with E-state index in [0.29, 0.717) is 6.42 Å². The van der Waals surface area contributed by atoms with Crippen LogP contribution >= 0.6 is 0 Å². The second-order valence-electron chi connectivity index (χ2n) is 6.38. The summed E-state index contributed by atoms with van der Waals surface area (Å²) in [6, 6.07) is 12.7. The number of allylic oxidation sites excluding steroid dienone is 1. The van der Waals surface area contributed by atoms with Gasteiger partial charge < -0.3 is 4.74 Å². The van der Waals surface area contributed by atoms with Crippen LogP contribution in [-0.2, 0) is 14.9 Å². The molecule has 0 aliphatic heterocycles. The highest BCUT2D eigenvalue weighted by molar-refractivity contribution is 5.82. The Balaban J connectivity index is 2.11. The van der Waals surface area contributed by atoms with Crippen molar-refractivity contribution in [3.8, 4) is 0 Å². The summed E-state index contributed by atoms with van der Waals surface area (Å²) in [5.74, 6) is -1.13. The third-order valence-corrected chi connectivity index (χ3v) is 4.91. The summed E-state index contributed by atoms with van der Waals surface area (Å²) in [5, 5.41) is 0. The van der Waals surface area contributed by atoms with E-state index in [1.54, 1.807) is 18.2 Å². The van der Waals surface area contributed by atoms with Crippen molar-refractivity contribution < 1.29 is 18.3 Å². The number of carbonyl (C=O) groups excluding carboxylic acids is 1. The van der Waals surface area contributed by atoms with Crippen LogP contribution in [0.25, 0.3) is 0 Å². The third kappa shape index (κ3) is 2.62. The molecule has 4 heteroatoms. The smallest absolute Gasteiger partial charge is 0.330 e. The van der Waals surface area contributed by atoms with Gasteiger partial charge in [0.15, 0.2) is 0 Å². The van der Waals surface area contributed by atoms with Crippen molar-refractivity contribution >= 4 is 5.97 Å². The molecule has 1 aliphatic rings. The largest absolute Gasteiger partial charge is 0.466 e. The summed E-state index contributed by atoms with van der Waals surface area (Å²) in [6.45, 7) is 1.97. The van der Waals surface area contributed by atoms with Crippen LogP contribution in [0.15, 0.2) is 60.7 Å². The maximum absolute atomic E-state index is 13.8. The molecule has 1 saturated carbocycles. The number of esters is 1. The van der Waals surface area contributed by atoms with E-state index in [-0.39, 0.29) is 11.6 Å². The first-order valence-corrected chi connectivity index (χ1v) is 7.70. The molecular weight excluding hydrogens is 310 g/mol. The van der Waals surface area contributed by atoms with E-state index < -0.39 is 16.8 Å². The Morgan fingerprint density at radius 2 is 1.62 bits per heavy atom. The molecule has 0 N–H and O–H groups in total. The average molecular weight is 328 g/mol. The van der Waals surface area contributed by atoms with Crippen molar-refractivity contribution in [1.29, 1.82) is 0 Å². The van der Waals surface area contributed by atoms with Gasteiger partial charge in [-0.05, 0) is 41.8 Å². The van der Waals surface area contributed by atoms with Crippen LogP contribution in [0.2, 0.25) is 0 Å². The Hall–Kier alpha value is -2.49. The summed E-state index contributed by atoms with van der Waals surface area (Å²) >= 11 is 0. The lowest BCUT2D eigenvalue weighted by Gasteiger charge is -2.23. The Morgan fingerprint density at radius 1 is 1.08 bits per heavy atom. The molecular formula is C20H18F2O2. The van der Waals surface area contributed by atoms with Gasteiger partial charge in [0.2, 0.25) is 0 Å². The van der Waals surface area contributed by atoms with Crippen LogP contribution in [0.4, 0.5) is 8.78 Å². The summed E-state index contributed by atoms with van der Waals surface area (Å²) in [6.07, 6.45) is 3.80. The van der Waals surface area contributed by atoms with Crippen LogP contribution in [0.3, 0.4) is 0 Å². The van der Waals surface area contributed by atoms with E-state index in [1.165, 1.54) is 37.5 Å². The van der Waals surface area contributed by atoms with Crippen molar-refractivity contribution in [2.75, 3.05) is 7.11 Å². The normalized spacial score (nSPS) is 21.7. The number of hydrogen-bond donors (Lipinski definition) is 0. The quantitative estimate of drug-likeness (QED) is 0.614. The van der Waals surface area contributed by atoms with Crippen molar-refractivity contribution in [2.45, 2.75) is 18.8 Å². The fourth-order valence-electron chi connectivity index (χ4n) is 3.57. The fourth-order valence-corrected chi connectivity index (χ4v) is 3.57. The standard InChI is InChI=1S/C20H18F2O2/c1-19(10-9-18(23)24-2)13-20(19,14-5-3-7-16(21)11-14)15-6-4-8-17(22)12-15/h3-12H,13H2,1-2H3/t19-/m0/s1. The molecule has 0 amide bonds. The molecule has 1 atom stereocenters. The van der Waals surface area contributed by atoms with Gasteiger partial charge in [-0.3, -0.25) is 0 Å². The lowest BCUT2D eigenvalue weighted by atomic mass is 9.80. The minimum absolute atomic E-state index is 0.338. The lowest BCUT2D eigenvalue weighted by Crippen LogP contribution is -2.18. The summed E-state index contributed by atoms with van der Waals surface area (Å²) in [4.78, 5) is 11.4. The van der Waals surface area contributed by atoms with Crippen molar-refractivity contribution in [2.24, 2.45) is 5.41 Å². The van der Waals surface area contributed by atoms with Gasteiger partial charge >= 0.3 is 5.97 Å². The first kappa shape index (κ1) is 16.4. The SMILES string of the molecule is COC(=O)C=C[C@@]1(C)CC1(c1cccc(F)c1)c1cccc(F)c1. The number of benzene rings is 2. The molecule has 1 fully saturated rings. The van der Waals surface area contributed by atoms with E-state index in [2.05, 4.69) is 4.74 Å². The second-order valence-corrected chi connectivity index (χ2v) is 6.38. The topological polar surface area (TPSA) is 26.3 Å². The van der Waals surface area contributed by atoms with Gasteiger partial charge in [-0.1, -0.05) is 37.3 Å². The zero-order valence-corrected chi connectivity index (χ0v) is 13.6. The number of ether oxygens (including phenoxy) is 1. The van der Waals surface area contributed by atoms with Crippen LogP contribution in [0.1, 0.15) is 24.5 Å². The van der Waals surface area contributed by atoms with Crippen LogP contribution < -0.4 is 0 Å². The van der Waals surface area contributed by atoms with Crippen molar-refractivity contribution in [3.63, 3.8) is 0 Å². The summed E-state index contributed by atoms with van der Waals surface area (Å²) < 4.78 is 32.2. The Morgan fingerprint density at radius 3 is 2.08 bits per heavy atom. The number of halogens is 2. The summed E-state index contributed by atoms with van der Waals surface area (Å²) in [7, 11) is 1.31. The molecule has 24 heavy (non-hydrogen) atoms. The van der Waals surface area contributed by atoms with Gasteiger partial charge in [-0.25, -0.2) is 13.6 Å². The van der Waals surface area contributed by atoms with Gasteiger partial charge in [-0.15, -0.1) is 0 Å². The van der Waals surface area contributed by atoms with Gasteiger partial charge in [0, 0.05) is 16.9 Å². The lowest BCUT2D eigenvalue weighted by molar-refractivity contribution is -0.134. The maximum Gasteiger partial charge on any atom is 0.330 e. The van der Waals surface area contributed by atoms with E-state index in [0.717, 1.165) is 11.1 Å². The predicted octanol–water partition coefficient (Wildman–Crippen LogP) is 4.39. The molecule has 124 valence electrons. The third-order valence-electron chi connectivity index (χ3n) is 4.91. The first-order valence-electron chi connectivity index (χ1n) is 7.70. The maximum atomic E-state index is 13.8. The highest BCUT2D eigenvalue weighted by Crippen LogP contribution is 2.68. The number of methoxy groups -OCH3 is 1. The second kappa shape index (κ2) is 5.86. The van der Waals surface area contributed by atoms with E-state index >= 15 is 0 Å². The minimum atomic E-state index is -0.568. The molecule has 0 unspecified atom stereocenters. The minimum Gasteiger partial charge on any atom is -0.466 e. The van der Waals surface area contributed by atoms with Gasteiger partial charge in [0.25, 0.3) is 0 Å². The highest BCUT2D eigenvalue weighted by atomic mass is 19.1. The number of rotatable bonds is 4. The molecule has 0 saturated heterocycles. The predicted molar refractivity (Wildman–Crippen MR) is 87.5 cm³/mol. The van der Waals surface area contributed by atoms with E-state index in [1.807, 2.05) is 19.1 Å². The fraction of sp³-hybridized carbons (Fsp3) is 0.250.